The minimum absolute atomic E-state index is 0.0463. The predicted octanol–water partition coefficient (Wildman–Crippen LogP) is 4.90. The van der Waals surface area contributed by atoms with Crippen LogP contribution in [0.2, 0.25) is 5.02 Å². The molecule has 6 nitrogen and oxygen atoms in total. The van der Waals surface area contributed by atoms with Gasteiger partial charge in [-0.05, 0) is 56.7 Å². The Hall–Kier alpha value is -2.99. The molecule has 0 radical (unpaired) electrons. The summed E-state index contributed by atoms with van der Waals surface area (Å²) in [6.07, 6.45) is -1.03. The van der Waals surface area contributed by atoms with Gasteiger partial charge in [0.1, 0.15) is 11.3 Å². The Morgan fingerprint density at radius 2 is 1.89 bits per heavy atom. The lowest BCUT2D eigenvalue weighted by atomic mass is 10.1. The minimum Gasteiger partial charge on any atom is -0.495 e. The molecule has 0 saturated carbocycles. The Kier molecular flexibility index (Phi) is 5.61. The molecular formula is C21H20ClNO5. The molecule has 1 aromatic heterocycles. The van der Waals surface area contributed by atoms with E-state index in [-0.39, 0.29) is 5.76 Å². The first-order valence-corrected chi connectivity index (χ1v) is 9.03. The van der Waals surface area contributed by atoms with E-state index < -0.39 is 18.0 Å². The van der Waals surface area contributed by atoms with Gasteiger partial charge in [0, 0.05) is 16.0 Å². The number of fused-ring (bicyclic) bond motifs is 1. The first kappa shape index (κ1) is 19.8. The van der Waals surface area contributed by atoms with E-state index >= 15 is 0 Å². The van der Waals surface area contributed by atoms with E-state index in [9.17, 15) is 9.59 Å². The normalized spacial score (nSPS) is 11.9. The molecule has 0 spiro atoms. The standard InChI is InChI=1S/C21H20ClNO5/c1-11-5-7-18(26-4)16(9-11)23-20(24)13(3)27-21(25)19-12(2)15-10-14(22)6-8-17(15)28-19/h5-10,13H,1-4H3,(H,23,24). The number of carbonyl (C=O) groups is 2. The third-order valence-electron chi connectivity index (χ3n) is 4.35. The van der Waals surface area contributed by atoms with Gasteiger partial charge in [-0.25, -0.2) is 4.79 Å². The van der Waals surface area contributed by atoms with E-state index in [0.717, 1.165) is 10.9 Å². The molecule has 1 amide bonds. The highest BCUT2D eigenvalue weighted by Crippen LogP contribution is 2.29. The number of hydrogen-bond donors (Lipinski definition) is 1. The summed E-state index contributed by atoms with van der Waals surface area (Å²) in [5, 5.41) is 3.98. The highest BCUT2D eigenvalue weighted by molar-refractivity contribution is 6.31. The smallest absolute Gasteiger partial charge is 0.375 e. The maximum absolute atomic E-state index is 12.5. The van der Waals surface area contributed by atoms with E-state index in [4.69, 9.17) is 25.5 Å². The molecule has 0 aliphatic heterocycles. The summed E-state index contributed by atoms with van der Waals surface area (Å²) >= 11 is 6.00. The summed E-state index contributed by atoms with van der Waals surface area (Å²) in [4.78, 5) is 25.0. The number of methoxy groups -OCH3 is 1. The summed E-state index contributed by atoms with van der Waals surface area (Å²) in [7, 11) is 1.51. The molecule has 2 aromatic carbocycles. The number of benzene rings is 2. The van der Waals surface area contributed by atoms with Gasteiger partial charge in [0.2, 0.25) is 5.76 Å². The predicted molar refractivity (Wildman–Crippen MR) is 107 cm³/mol. The van der Waals surface area contributed by atoms with Gasteiger partial charge in [-0.3, -0.25) is 4.79 Å². The largest absolute Gasteiger partial charge is 0.495 e. The number of furan rings is 1. The first-order valence-electron chi connectivity index (χ1n) is 8.65. The SMILES string of the molecule is COc1ccc(C)cc1NC(=O)C(C)OC(=O)c1oc2ccc(Cl)cc2c1C. The number of ether oxygens (including phenoxy) is 2. The quantitative estimate of drug-likeness (QED) is 0.615. The van der Waals surface area contributed by atoms with Crippen molar-refractivity contribution in [3.63, 3.8) is 0 Å². The maximum Gasteiger partial charge on any atom is 0.375 e. The third kappa shape index (κ3) is 3.97. The average Bonchev–Trinajstić information content (AvgIpc) is 2.98. The Morgan fingerprint density at radius 1 is 1.14 bits per heavy atom. The number of carbonyl (C=O) groups excluding carboxylic acids is 2. The van der Waals surface area contributed by atoms with Crippen LogP contribution in [0.15, 0.2) is 40.8 Å². The van der Waals surface area contributed by atoms with Crippen LogP contribution >= 0.6 is 11.6 Å². The van der Waals surface area contributed by atoms with Gasteiger partial charge in [-0.15, -0.1) is 0 Å². The van der Waals surface area contributed by atoms with Crippen LogP contribution in [0.3, 0.4) is 0 Å². The molecule has 1 atom stereocenters. The number of esters is 1. The number of anilines is 1. The summed E-state index contributed by atoms with van der Waals surface area (Å²) in [5.74, 6) is -0.634. The molecule has 146 valence electrons. The molecule has 1 heterocycles. The van der Waals surface area contributed by atoms with Gasteiger partial charge in [0.25, 0.3) is 5.91 Å². The second kappa shape index (κ2) is 7.94. The molecule has 0 saturated heterocycles. The molecule has 3 aromatic rings. The van der Waals surface area contributed by atoms with Crippen LogP contribution in [0.1, 0.15) is 28.6 Å². The number of aryl methyl sites for hydroxylation is 2. The minimum atomic E-state index is -1.03. The fourth-order valence-electron chi connectivity index (χ4n) is 2.81. The van der Waals surface area contributed by atoms with E-state index in [2.05, 4.69) is 5.32 Å². The zero-order valence-corrected chi connectivity index (χ0v) is 16.7. The first-order chi connectivity index (χ1) is 13.3. The zero-order valence-electron chi connectivity index (χ0n) is 16.0. The van der Waals surface area contributed by atoms with Crippen molar-refractivity contribution in [3.05, 3.63) is 58.3 Å². The maximum atomic E-state index is 12.5. The highest BCUT2D eigenvalue weighted by atomic mass is 35.5. The van der Waals surface area contributed by atoms with E-state index in [0.29, 0.717) is 27.6 Å². The van der Waals surface area contributed by atoms with Gasteiger partial charge < -0.3 is 19.2 Å². The molecule has 1 unspecified atom stereocenters. The molecule has 28 heavy (non-hydrogen) atoms. The second-order valence-electron chi connectivity index (χ2n) is 6.44. The van der Waals surface area contributed by atoms with Crippen LogP contribution in [-0.4, -0.2) is 25.1 Å². The van der Waals surface area contributed by atoms with Crippen molar-refractivity contribution in [1.29, 1.82) is 0 Å². The van der Waals surface area contributed by atoms with Crippen LogP contribution in [0.25, 0.3) is 11.0 Å². The fourth-order valence-corrected chi connectivity index (χ4v) is 2.98. The Balaban J connectivity index is 1.75. The topological polar surface area (TPSA) is 77.8 Å². The Bertz CT molecular complexity index is 1060. The number of hydrogen-bond acceptors (Lipinski definition) is 5. The Morgan fingerprint density at radius 3 is 2.61 bits per heavy atom. The summed E-state index contributed by atoms with van der Waals surface area (Å²) < 4.78 is 16.1. The van der Waals surface area contributed by atoms with Gasteiger partial charge in [0.05, 0.1) is 12.8 Å². The van der Waals surface area contributed by atoms with Crippen molar-refractivity contribution >= 4 is 40.1 Å². The van der Waals surface area contributed by atoms with Crippen LogP contribution in [0.5, 0.6) is 5.75 Å². The van der Waals surface area contributed by atoms with Gasteiger partial charge >= 0.3 is 5.97 Å². The summed E-state index contributed by atoms with van der Waals surface area (Å²) in [6.45, 7) is 5.13. The van der Waals surface area contributed by atoms with Crippen LogP contribution in [0.4, 0.5) is 5.69 Å². The Labute approximate surface area is 167 Å². The lowest BCUT2D eigenvalue weighted by Gasteiger charge is -2.15. The lowest BCUT2D eigenvalue weighted by molar-refractivity contribution is -0.123. The van der Waals surface area contributed by atoms with Crippen molar-refractivity contribution in [1.82, 2.24) is 0 Å². The summed E-state index contributed by atoms with van der Waals surface area (Å²) in [5.41, 5.74) is 2.59. The molecule has 0 fully saturated rings. The lowest BCUT2D eigenvalue weighted by Crippen LogP contribution is -2.30. The number of halogens is 1. The molecular weight excluding hydrogens is 382 g/mol. The molecule has 3 rings (SSSR count). The fraction of sp³-hybridized carbons (Fsp3) is 0.238. The van der Waals surface area contributed by atoms with Crippen LogP contribution in [-0.2, 0) is 9.53 Å². The number of nitrogens with one attached hydrogen (secondary N) is 1. The second-order valence-corrected chi connectivity index (χ2v) is 6.87. The highest BCUT2D eigenvalue weighted by Gasteiger charge is 2.25. The average molecular weight is 402 g/mol. The molecule has 1 N–H and O–H groups in total. The molecule has 0 aliphatic rings. The van der Waals surface area contributed by atoms with Gasteiger partial charge in [-0.1, -0.05) is 17.7 Å². The van der Waals surface area contributed by atoms with Crippen LogP contribution < -0.4 is 10.1 Å². The molecule has 0 bridgehead atoms. The number of rotatable bonds is 5. The zero-order chi connectivity index (χ0) is 20.4. The van der Waals surface area contributed by atoms with E-state index in [1.165, 1.54) is 14.0 Å². The molecule has 7 heteroatoms. The molecule has 0 aliphatic carbocycles. The number of amides is 1. The van der Waals surface area contributed by atoms with Crippen molar-refractivity contribution in [3.8, 4) is 5.75 Å². The van der Waals surface area contributed by atoms with Crippen molar-refractivity contribution < 1.29 is 23.5 Å². The monoisotopic (exact) mass is 401 g/mol. The van der Waals surface area contributed by atoms with Gasteiger partial charge in [0.15, 0.2) is 6.10 Å². The van der Waals surface area contributed by atoms with Crippen molar-refractivity contribution in [2.24, 2.45) is 0 Å². The van der Waals surface area contributed by atoms with E-state index in [1.807, 2.05) is 13.0 Å². The third-order valence-corrected chi connectivity index (χ3v) is 4.58. The van der Waals surface area contributed by atoms with E-state index in [1.54, 1.807) is 37.3 Å². The summed E-state index contributed by atoms with van der Waals surface area (Å²) in [6, 6.07) is 10.5. The van der Waals surface area contributed by atoms with Crippen LogP contribution in [0, 0.1) is 13.8 Å². The van der Waals surface area contributed by atoms with Crippen molar-refractivity contribution in [2.45, 2.75) is 26.9 Å². The van der Waals surface area contributed by atoms with Gasteiger partial charge in [-0.2, -0.15) is 0 Å². The van der Waals surface area contributed by atoms with Crippen molar-refractivity contribution in [2.75, 3.05) is 12.4 Å².